The van der Waals surface area contributed by atoms with E-state index in [-0.39, 0.29) is 42.7 Å². The van der Waals surface area contributed by atoms with Crippen molar-refractivity contribution in [1.82, 2.24) is 9.78 Å². The van der Waals surface area contributed by atoms with Gasteiger partial charge in [-0.3, -0.25) is 19.6 Å². The Morgan fingerprint density at radius 3 is 2.74 bits per heavy atom. The maximum atomic E-state index is 12.4. The predicted molar refractivity (Wildman–Crippen MR) is 91.1 cm³/mol. The second kappa shape index (κ2) is 8.92. The molecule has 0 radical (unpaired) electrons. The molecule has 27 heavy (non-hydrogen) atoms. The summed E-state index contributed by atoms with van der Waals surface area (Å²) < 4.78 is 35.8. The van der Waals surface area contributed by atoms with Crippen LogP contribution in [0.1, 0.15) is 19.0 Å². The van der Waals surface area contributed by atoms with Crippen molar-refractivity contribution >= 4 is 17.3 Å². The number of aryl methyl sites for hydroxylation is 1. The highest BCUT2D eigenvalue weighted by molar-refractivity contribution is 5.91. The Morgan fingerprint density at radius 2 is 2.15 bits per heavy atom. The van der Waals surface area contributed by atoms with E-state index in [9.17, 15) is 23.7 Å². The zero-order chi connectivity index (χ0) is 20.0. The highest BCUT2D eigenvalue weighted by atomic mass is 19.3. The van der Waals surface area contributed by atoms with E-state index >= 15 is 0 Å². The maximum Gasteiger partial charge on any atom is 0.387 e. The standard InChI is InChI=1S/C16H18F2N4O5/c1-3-26-14-8-11(4-5-13(14)27-16(17)18)20-15(23)6-7-21-10(2)12(9-19-21)22(24)25/h4-5,8-9,16H,3,6-7H2,1-2H3,(H,20,23). The second-order valence-corrected chi connectivity index (χ2v) is 5.37. The molecule has 2 aromatic rings. The molecule has 1 N–H and O–H groups in total. The zero-order valence-corrected chi connectivity index (χ0v) is 14.6. The highest BCUT2D eigenvalue weighted by Crippen LogP contribution is 2.31. The first-order chi connectivity index (χ1) is 12.8. The quantitative estimate of drug-likeness (QED) is 0.526. The summed E-state index contributed by atoms with van der Waals surface area (Å²) in [4.78, 5) is 22.3. The molecule has 0 aliphatic heterocycles. The first-order valence-corrected chi connectivity index (χ1v) is 8.00. The molecule has 146 valence electrons. The number of nitro groups is 1. The molecule has 2 rings (SSSR count). The average Bonchev–Trinajstić information content (AvgIpc) is 2.96. The van der Waals surface area contributed by atoms with Crippen LogP contribution in [-0.4, -0.2) is 33.8 Å². The number of hydrogen-bond acceptors (Lipinski definition) is 6. The van der Waals surface area contributed by atoms with Gasteiger partial charge in [0.25, 0.3) is 0 Å². The highest BCUT2D eigenvalue weighted by Gasteiger charge is 2.17. The molecule has 0 bridgehead atoms. The largest absolute Gasteiger partial charge is 0.490 e. The lowest BCUT2D eigenvalue weighted by atomic mass is 10.2. The van der Waals surface area contributed by atoms with Crippen molar-refractivity contribution in [2.75, 3.05) is 11.9 Å². The fraction of sp³-hybridized carbons (Fsp3) is 0.375. The first kappa shape index (κ1) is 20.1. The summed E-state index contributed by atoms with van der Waals surface area (Å²) in [7, 11) is 0. The minimum absolute atomic E-state index is 0.0128. The van der Waals surface area contributed by atoms with Crippen LogP contribution in [0.2, 0.25) is 0 Å². The van der Waals surface area contributed by atoms with Crippen LogP contribution in [0.15, 0.2) is 24.4 Å². The molecule has 0 unspecified atom stereocenters. The number of nitrogens with zero attached hydrogens (tertiary/aromatic N) is 3. The summed E-state index contributed by atoms with van der Waals surface area (Å²) in [6.45, 7) is 0.610. The number of ether oxygens (including phenoxy) is 2. The molecule has 1 heterocycles. The SMILES string of the molecule is CCOc1cc(NC(=O)CCn2ncc([N+](=O)[O-])c2C)ccc1OC(F)F. The second-order valence-electron chi connectivity index (χ2n) is 5.37. The van der Waals surface area contributed by atoms with Crippen molar-refractivity contribution in [3.8, 4) is 11.5 Å². The molecule has 0 aliphatic carbocycles. The van der Waals surface area contributed by atoms with Crippen LogP contribution >= 0.6 is 0 Å². The molecule has 1 aromatic heterocycles. The third-order valence-corrected chi connectivity index (χ3v) is 3.57. The molecular formula is C16H18F2N4O5. The van der Waals surface area contributed by atoms with Gasteiger partial charge in [0.15, 0.2) is 11.5 Å². The van der Waals surface area contributed by atoms with E-state index in [4.69, 9.17) is 4.74 Å². The summed E-state index contributed by atoms with van der Waals surface area (Å²) in [6.07, 6.45) is 1.14. The van der Waals surface area contributed by atoms with E-state index in [1.54, 1.807) is 13.8 Å². The number of benzene rings is 1. The number of amides is 1. The van der Waals surface area contributed by atoms with Gasteiger partial charge in [0, 0.05) is 18.2 Å². The van der Waals surface area contributed by atoms with Gasteiger partial charge in [0.2, 0.25) is 5.91 Å². The van der Waals surface area contributed by atoms with Gasteiger partial charge in [-0.2, -0.15) is 13.9 Å². The van der Waals surface area contributed by atoms with E-state index in [1.807, 2.05) is 0 Å². The number of nitrogens with one attached hydrogen (secondary N) is 1. The van der Waals surface area contributed by atoms with Gasteiger partial charge in [-0.15, -0.1) is 0 Å². The van der Waals surface area contributed by atoms with E-state index in [1.165, 1.54) is 22.9 Å². The van der Waals surface area contributed by atoms with Crippen molar-refractivity contribution in [2.45, 2.75) is 33.4 Å². The van der Waals surface area contributed by atoms with Crippen molar-refractivity contribution in [3.05, 3.63) is 40.2 Å². The van der Waals surface area contributed by atoms with Gasteiger partial charge in [0.05, 0.1) is 18.1 Å². The topological polar surface area (TPSA) is 109 Å². The van der Waals surface area contributed by atoms with Crippen LogP contribution in [0.4, 0.5) is 20.2 Å². The summed E-state index contributed by atoms with van der Waals surface area (Å²) >= 11 is 0. The van der Waals surface area contributed by atoms with Gasteiger partial charge in [-0.25, -0.2) is 0 Å². The third-order valence-electron chi connectivity index (χ3n) is 3.57. The summed E-state index contributed by atoms with van der Waals surface area (Å²) in [5.74, 6) is -0.434. The van der Waals surface area contributed by atoms with Gasteiger partial charge in [0.1, 0.15) is 11.9 Å². The van der Waals surface area contributed by atoms with Crippen molar-refractivity contribution in [1.29, 1.82) is 0 Å². The molecule has 0 aliphatic rings. The molecule has 0 saturated carbocycles. The van der Waals surface area contributed by atoms with Crippen LogP contribution in [0.3, 0.4) is 0 Å². The third kappa shape index (κ3) is 5.36. The molecule has 1 aromatic carbocycles. The molecule has 0 spiro atoms. The number of carbonyl (C=O) groups excluding carboxylic acids is 1. The van der Waals surface area contributed by atoms with Gasteiger partial charge >= 0.3 is 12.3 Å². The van der Waals surface area contributed by atoms with Crippen LogP contribution in [0.5, 0.6) is 11.5 Å². The summed E-state index contributed by atoms with van der Waals surface area (Å²) in [6, 6.07) is 4.05. The van der Waals surface area contributed by atoms with E-state index < -0.39 is 11.5 Å². The normalized spacial score (nSPS) is 10.7. The molecule has 0 saturated heterocycles. The number of anilines is 1. The van der Waals surface area contributed by atoms with Crippen LogP contribution in [-0.2, 0) is 11.3 Å². The molecule has 0 fully saturated rings. The fourth-order valence-electron chi connectivity index (χ4n) is 2.32. The van der Waals surface area contributed by atoms with E-state index in [0.717, 1.165) is 6.20 Å². The number of carbonyl (C=O) groups is 1. The smallest absolute Gasteiger partial charge is 0.387 e. The predicted octanol–water partition coefficient (Wildman–Crippen LogP) is 3.13. The number of alkyl halides is 2. The van der Waals surface area contributed by atoms with Crippen LogP contribution in [0.25, 0.3) is 0 Å². The molecule has 0 atom stereocenters. The lowest BCUT2D eigenvalue weighted by Crippen LogP contribution is -2.16. The Labute approximate surface area is 153 Å². The minimum atomic E-state index is -2.99. The monoisotopic (exact) mass is 384 g/mol. The van der Waals surface area contributed by atoms with Gasteiger partial charge < -0.3 is 14.8 Å². The average molecular weight is 384 g/mol. The van der Waals surface area contributed by atoms with Crippen molar-refractivity contribution in [2.24, 2.45) is 0 Å². The summed E-state index contributed by atoms with van der Waals surface area (Å²) in [5.41, 5.74) is 0.569. The lowest BCUT2D eigenvalue weighted by Gasteiger charge is -2.13. The number of rotatable bonds is 9. The number of aromatic nitrogens is 2. The summed E-state index contributed by atoms with van der Waals surface area (Å²) in [5, 5.41) is 17.3. The zero-order valence-electron chi connectivity index (χ0n) is 14.6. The Kier molecular flexibility index (Phi) is 6.63. The number of hydrogen-bond donors (Lipinski definition) is 1. The maximum absolute atomic E-state index is 12.4. The Morgan fingerprint density at radius 1 is 1.41 bits per heavy atom. The Balaban J connectivity index is 2.00. The van der Waals surface area contributed by atoms with Gasteiger partial charge in [-0.1, -0.05) is 0 Å². The fourth-order valence-corrected chi connectivity index (χ4v) is 2.32. The van der Waals surface area contributed by atoms with E-state index in [0.29, 0.717) is 11.4 Å². The molecule has 1 amide bonds. The first-order valence-electron chi connectivity index (χ1n) is 8.00. The van der Waals surface area contributed by atoms with Crippen molar-refractivity contribution in [3.63, 3.8) is 0 Å². The molecule has 9 nitrogen and oxygen atoms in total. The van der Waals surface area contributed by atoms with Crippen LogP contribution < -0.4 is 14.8 Å². The molecular weight excluding hydrogens is 366 g/mol. The Bertz CT molecular complexity index is 825. The minimum Gasteiger partial charge on any atom is -0.490 e. The van der Waals surface area contributed by atoms with Crippen molar-refractivity contribution < 1.29 is 28.0 Å². The lowest BCUT2D eigenvalue weighted by molar-refractivity contribution is -0.385. The van der Waals surface area contributed by atoms with E-state index in [2.05, 4.69) is 15.2 Å². The van der Waals surface area contributed by atoms with Crippen LogP contribution in [0, 0.1) is 17.0 Å². The Hall–Kier alpha value is -3.24. The van der Waals surface area contributed by atoms with Gasteiger partial charge in [-0.05, 0) is 26.0 Å². The molecule has 11 heteroatoms. The number of halogens is 2.